The first-order valence-electron chi connectivity index (χ1n) is 7.20. The molecule has 0 spiro atoms. The molecule has 1 fully saturated rings. The van der Waals surface area contributed by atoms with Crippen molar-refractivity contribution in [2.45, 2.75) is 37.6 Å². The predicted octanol–water partition coefficient (Wildman–Crippen LogP) is -0.257. The number of isothiocyanates is 1. The molecular formula is C15H18N2O6S. The molecule has 9 heteroatoms. The minimum absolute atomic E-state index is 0.388. The third kappa shape index (κ3) is 4.35. The number of carbonyl (C=O) groups is 1. The van der Waals surface area contributed by atoms with Gasteiger partial charge in [0.25, 0.3) is 0 Å². The van der Waals surface area contributed by atoms with Gasteiger partial charge in [-0.1, -0.05) is 0 Å². The van der Waals surface area contributed by atoms with E-state index in [2.05, 4.69) is 27.7 Å². The number of ether oxygens (including phenoxy) is 2. The monoisotopic (exact) mass is 354 g/mol. The van der Waals surface area contributed by atoms with Crippen molar-refractivity contribution in [2.75, 3.05) is 6.61 Å². The number of aliphatic hydroxyl groups excluding tert-OH is 3. The summed E-state index contributed by atoms with van der Waals surface area (Å²) in [6.45, 7) is 0.763. The zero-order valence-electron chi connectivity index (χ0n) is 12.8. The molecule has 8 nitrogen and oxygen atoms in total. The first-order valence-corrected chi connectivity index (χ1v) is 7.61. The zero-order chi connectivity index (χ0) is 17.7. The van der Waals surface area contributed by atoms with E-state index in [1.807, 2.05) is 0 Å². The number of benzene rings is 1. The lowest BCUT2D eigenvalue weighted by Gasteiger charge is -2.42. The largest absolute Gasteiger partial charge is 0.463 e. The number of rotatable bonds is 5. The maximum Gasteiger partial charge on any atom is 0.223 e. The average Bonchev–Trinajstić information content (AvgIpc) is 2.56. The Hall–Kier alpha value is -1.87. The van der Waals surface area contributed by atoms with Gasteiger partial charge in [-0.25, -0.2) is 0 Å². The average molecular weight is 354 g/mol. The molecule has 0 aliphatic carbocycles. The molecule has 130 valence electrons. The number of hydrogen-bond donors (Lipinski definition) is 4. The Morgan fingerprint density at radius 3 is 2.58 bits per heavy atom. The van der Waals surface area contributed by atoms with Gasteiger partial charge in [-0.2, -0.15) is 4.99 Å². The molecule has 0 aromatic heterocycles. The van der Waals surface area contributed by atoms with Crippen LogP contribution in [0.1, 0.15) is 6.92 Å². The lowest BCUT2D eigenvalue weighted by Crippen LogP contribution is -2.65. The highest BCUT2D eigenvalue weighted by Gasteiger charge is 2.46. The molecule has 1 aliphatic heterocycles. The minimum atomic E-state index is -1.36. The van der Waals surface area contributed by atoms with E-state index in [0.717, 1.165) is 0 Å². The molecule has 1 amide bonds. The molecule has 0 bridgehead atoms. The summed E-state index contributed by atoms with van der Waals surface area (Å²) in [5.41, 5.74) is 0.587. The van der Waals surface area contributed by atoms with E-state index in [1.165, 1.54) is 6.92 Å². The van der Waals surface area contributed by atoms with Crippen molar-refractivity contribution >= 4 is 29.0 Å². The van der Waals surface area contributed by atoms with Crippen molar-refractivity contribution in [3.05, 3.63) is 24.3 Å². The van der Waals surface area contributed by atoms with Crippen molar-refractivity contribution in [3.63, 3.8) is 0 Å². The predicted molar refractivity (Wildman–Crippen MR) is 87.1 cm³/mol. The van der Waals surface area contributed by atoms with E-state index >= 15 is 0 Å². The van der Waals surface area contributed by atoms with Gasteiger partial charge in [-0.05, 0) is 36.5 Å². The van der Waals surface area contributed by atoms with Gasteiger partial charge in [0, 0.05) is 6.92 Å². The maximum atomic E-state index is 11.3. The molecule has 2 rings (SSSR count). The molecule has 5 atom stereocenters. The summed E-state index contributed by atoms with van der Waals surface area (Å²) in [7, 11) is 0. The van der Waals surface area contributed by atoms with E-state index in [-0.39, 0.29) is 0 Å². The van der Waals surface area contributed by atoms with Gasteiger partial charge in [-0.15, -0.1) is 0 Å². The summed E-state index contributed by atoms with van der Waals surface area (Å²) in [4.78, 5) is 15.1. The molecule has 4 N–H and O–H groups in total. The molecule has 1 aromatic rings. The second-order valence-electron chi connectivity index (χ2n) is 5.25. The topological polar surface area (TPSA) is 121 Å². The lowest BCUT2D eigenvalue weighted by atomic mass is 9.97. The Morgan fingerprint density at radius 1 is 1.38 bits per heavy atom. The minimum Gasteiger partial charge on any atom is -0.463 e. The van der Waals surface area contributed by atoms with E-state index < -0.39 is 43.2 Å². The summed E-state index contributed by atoms with van der Waals surface area (Å²) in [5, 5.41) is 34.1. The quantitative estimate of drug-likeness (QED) is 0.425. The summed E-state index contributed by atoms with van der Waals surface area (Å²) < 4.78 is 11.1. The molecule has 1 aliphatic rings. The van der Waals surface area contributed by atoms with Crippen LogP contribution in [0.4, 0.5) is 5.69 Å². The van der Waals surface area contributed by atoms with E-state index in [4.69, 9.17) is 9.47 Å². The number of nitrogens with one attached hydrogen (secondary N) is 1. The summed E-state index contributed by atoms with van der Waals surface area (Å²) >= 11 is 4.52. The fourth-order valence-corrected chi connectivity index (χ4v) is 2.46. The van der Waals surface area contributed by atoms with Crippen LogP contribution in [0.15, 0.2) is 29.3 Å². The highest BCUT2D eigenvalue weighted by atomic mass is 32.1. The van der Waals surface area contributed by atoms with E-state index in [0.29, 0.717) is 11.4 Å². The van der Waals surface area contributed by atoms with E-state index in [9.17, 15) is 20.1 Å². The van der Waals surface area contributed by atoms with Crippen molar-refractivity contribution in [1.29, 1.82) is 0 Å². The number of thiocarbonyl (C=S) groups is 1. The van der Waals surface area contributed by atoms with Crippen LogP contribution in [-0.2, 0) is 9.53 Å². The SMILES string of the molecule is CC(=O)NC1C(Oc2ccc(N=C=S)cc2)OC(CO)C(O)C1O. The van der Waals surface area contributed by atoms with E-state index in [1.54, 1.807) is 24.3 Å². The lowest BCUT2D eigenvalue weighted by molar-refractivity contribution is -0.244. The third-order valence-electron chi connectivity index (χ3n) is 3.51. The number of carbonyl (C=O) groups excluding carboxylic acids is 1. The molecule has 1 heterocycles. The number of nitrogens with zero attached hydrogens (tertiary/aromatic N) is 1. The van der Waals surface area contributed by atoms with Crippen LogP contribution in [0.3, 0.4) is 0 Å². The highest BCUT2D eigenvalue weighted by Crippen LogP contribution is 2.25. The summed E-state index contributed by atoms with van der Waals surface area (Å²) in [6.07, 6.45) is -4.84. The number of aliphatic imine (C=N–C) groups is 1. The molecular weight excluding hydrogens is 336 g/mol. The van der Waals surface area contributed by atoms with Crippen molar-refractivity contribution in [3.8, 4) is 5.75 Å². The second kappa shape index (κ2) is 8.29. The molecule has 1 saturated heterocycles. The van der Waals surface area contributed by atoms with Gasteiger partial charge in [0.1, 0.15) is 30.1 Å². The van der Waals surface area contributed by atoms with Gasteiger partial charge in [-0.3, -0.25) is 4.79 Å². The second-order valence-corrected chi connectivity index (χ2v) is 5.43. The standard InChI is InChI=1S/C15H18N2O6S/c1-8(19)17-12-14(21)13(20)11(6-18)23-15(12)22-10-4-2-9(3-5-10)16-7-24/h2-5,11-15,18,20-21H,6H2,1H3,(H,17,19). The smallest absolute Gasteiger partial charge is 0.223 e. The number of amides is 1. The first-order chi connectivity index (χ1) is 11.5. The van der Waals surface area contributed by atoms with Gasteiger partial charge in [0.05, 0.1) is 17.5 Å². The van der Waals surface area contributed by atoms with Gasteiger partial charge < -0.3 is 30.1 Å². The Labute approximate surface area is 143 Å². The highest BCUT2D eigenvalue weighted by molar-refractivity contribution is 7.78. The maximum absolute atomic E-state index is 11.3. The van der Waals surface area contributed by atoms with Crippen molar-refractivity contribution < 1.29 is 29.6 Å². The Bertz CT molecular complexity index is 619. The fourth-order valence-electron chi connectivity index (χ4n) is 2.36. The number of aliphatic hydroxyl groups is 3. The third-order valence-corrected chi connectivity index (χ3v) is 3.61. The van der Waals surface area contributed by atoms with Gasteiger partial charge >= 0.3 is 0 Å². The normalized spacial score (nSPS) is 29.4. The van der Waals surface area contributed by atoms with Crippen LogP contribution in [-0.4, -0.2) is 63.6 Å². The van der Waals surface area contributed by atoms with Crippen LogP contribution >= 0.6 is 12.2 Å². The molecule has 5 unspecified atom stereocenters. The van der Waals surface area contributed by atoms with Crippen LogP contribution in [0.25, 0.3) is 0 Å². The fraction of sp³-hybridized carbons (Fsp3) is 0.467. The van der Waals surface area contributed by atoms with Crippen molar-refractivity contribution in [2.24, 2.45) is 4.99 Å². The zero-order valence-corrected chi connectivity index (χ0v) is 13.6. The first kappa shape index (κ1) is 18.5. The van der Waals surface area contributed by atoms with Crippen molar-refractivity contribution in [1.82, 2.24) is 5.32 Å². The Morgan fingerprint density at radius 2 is 2.04 bits per heavy atom. The molecule has 1 aromatic carbocycles. The van der Waals surface area contributed by atoms with Gasteiger partial charge in [0.15, 0.2) is 0 Å². The van der Waals surface area contributed by atoms with Gasteiger partial charge in [0.2, 0.25) is 12.2 Å². The van der Waals surface area contributed by atoms with Crippen LogP contribution in [0, 0.1) is 0 Å². The Kier molecular flexibility index (Phi) is 6.38. The van der Waals surface area contributed by atoms with Crippen LogP contribution < -0.4 is 10.1 Å². The number of hydrogen-bond acceptors (Lipinski definition) is 8. The Balaban J connectivity index is 2.19. The molecule has 24 heavy (non-hydrogen) atoms. The summed E-state index contributed by atoms with van der Waals surface area (Å²) in [6, 6.07) is 5.48. The van der Waals surface area contributed by atoms with Crippen LogP contribution in [0.2, 0.25) is 0 Å². The molecule has 0 radical (unpaired) electrons. The van der Waals surface area contributed by atoms with Crippen LogP contribution in [0.5, 0.6) is 5.75 Å². The summed E-state index contributed by atoms with van der Waals surface area (Å²) in [5.74, 6) is -0.0319. The molecule has 0 saturated carbocycles.